The van der Waals surface area contributed by atoms with Gasteiger partial charge in [-0.2, -0.15) is 0 Å². The summed E-state index contributed by atoms with van der Waals surface area (Å²) in [7, 11) is 0. The van der Waals surface area contributed by atoms with Gasteiger partial charge in [-0.25, -0.2) is 9.78 Å². The van der Waals surface area contributed by atoms with Crippen molar-refractivity contribution >= 4 is 23.3 Å². The number of rotatable bonds is 8. The highest BCUT2D eigenvalue weighted by Gasteiger charge is 2.21. The standard InChI is InChI=1S/C13H20N4O4/c1-4-8-14-11-7-6-10(17(19)20)12(16-11)15-9(3)13(18)21-5-2/h6-7,9H,4-5,8H2,1-3H3,(H2,14,15,16). The molecule has 0 radical (unpaired) electrons. The van der Waals surface area contributed by atoms with Crippen LogP contribution in [0, 0.1) is 10.1 Å². The highest BCUT2D eigenvalue weighted by Crippen LogP contribution is 2.24. The molecule has 0 bridgehead atoms. The molecule has 0 fully saturated rings. The van der Waals surface area contributed by atoms with E-state index in [0.29, 0.717) is 12.4 Å². The van der Waals surface area contributed by atoms with Gasteiger partial charge < -0.3 is 15.4 Å². The molecule has 2 N–H and O–H groups in total. The van der Waals surface area contributed by atoms with E-state index in [-0.39, 0.29) is 18.1 Å². The number of carbonyl (C=O) groups excluding carboxylic acids is 1. The van der Waals surface area contributed by atoms with E-state index >= 15 is 0 Å². The summed E-state index contributed by atoms with van der Waals surface area (Å²) in [5.41, 5.74) is -0.187. The zero-order valence-corrected chi connectivity index (χ0v) is 12.4. The lowest BCUT2D eigenvalue weighted by Gasteiger charge is -2.14. The minimum atomic E-state index is -0.724. The molecule has 0 aliphatic rings. The quantitative estimate of drug-likeness (QED) is 0.430. The molecule has 0 saturated heterocycles. The maximum atomic E-state index is 11.6. The first-order chi connectivity index (χ1) is 9.99. The number of hydrogen-bond acceptors (Lipinski definition) is 7. The number of anilines is 2. The number of nitrogens with one attached hydrogen (secondary N) is 2. The third-order valence-electron chi connectivity index (χ3n) is 2.62. The molecule has 0 amide bonds. The molecular weight excluding hydrogens is 276 g/mol. The lowest BCUT2D eigenvalue weighted by Crippen LogP contribution is -2.29. The molecule has 0 aliphatic heterocycles. The molecule has 21 heavy (non-hydrogen) atoms. The van der Waals surface area contributed by atoms with Gasteiger partial charge in [0, 0.05) is 12.6 Å². The number of ether oxygens (including phenoxy) is 1. The van der Waals surface area contributed by atoms with Crippen molar-refractivity contribution in [2.45, 2.75) is 33.2 Å². The summed E-state index contributed by atoms with van der Waals surface area (Å²) >= 11 is 0. The molecule has 8 nitrogen and oxygen atoms in total. The van der Waals surface area contributed by atoms with Crippen LogP contribution in [0.4, 0.5) is 17.3 Å². The molecule has 0 saturated carbocycles. The largest absolute Gasteiger partial charge is 0.464 e. The summed E-state index contributed by atoms with van der Waals surface area (Å²) in [6.45, 7) is 6.21. The van der Waals surface area contributed by atoms with Crippen LogP contribution in [0.2, 0.25) is 0 Å². The summed E-state index contributed by atoms with van der Waals surface area (Å²) in [4.78, 5) is 26.2. The smallest absolute Gasteiger partial charge is 0.328 e. The summed E-state index contributed by atoms with van der Waals surface area (Å²) in [6, 6.07) is 2.16. The third-order valence-corrected chi connectivity index (χ3v) is 2.62. The van der Waals surface area contributed by atoms with E-state index in [1.807, 2.05) is 6.92 Å². The van der Waals surface area contributed by atoms with Crippen molar-refractivity contribution < 1.29 is 14.5 Å². The molecule has 1 unspecified atom stereocenters. The summed E-state index contributed by atoms with van der Waals surface area (Å²) in [5, 5.41) is 16.8. The van der Waals surface area contributed by atoms with Gasteiger partial charge >= 0.3 is 11.7 Å². The minimum absolute atomic E-state index is 0.0432. The van der Waals surface area contributed by atoms with Crippen LogP contribution in [0.1, 0.15) is 27.2 Å². The monoisotopic (exact) mass is 296 g/mol. The molecule has 8 heteroatoms. The Morgan fingerprint density at radius 3 is 2.76 bits per heavy atom. The molecule has 0 aliphatic carbocycles. The topological polar surface area (TPSA) is 106 Å². The minimum Gasteiger partial charge on any atom is -0.464 e. The molecular formula is C13H20N4O4. The maximum Gasteiger partial charge on any atom is 0.328 e. The van der Waals surface area contributed by atoms with Gasteiger partial charge in [0.05, 0.1) is 11.5 Å². The van der Waals surface area contributed by atoms with Gasteiger partial charge in [-0.1, -0.05) is 6.92 Å². The Hall–Kier alpha value is -2.38. The first-order valence-electron chi connectivity index (χ1n) is 6.82. The Morgan fingerprint density at radius 2 is 2.19 bits per heavy atom. The van der Waals surface area contributed by atoms with E-state index in [0.717, 1.165) is 6.42 Å². The average Bonchev–Trinajstić information content (AvgIpc) is 2.45. The molecule has 1 aromatic rings. The van der Waals surface area contributed by atoms with E-state index in [1.54, 1.807) is 13.8 Å². The average molecular weight is 296 g/mol. The van der Waals surface area contributed by atoms with Crippen LogP contribution in [0.25, 0.3) is 0 Å². The van der Waals surface area contributed by atoms with Gasteiger partial charge in [-0.15, -0.1) is 0 Å². The van der Waals surface area contributed by atoms with Gasteiger partial charge in [-0.05, 0) is 26.3 Å². The number of carbonyl (C=O) groups is 1. The molecule has 1 heterocycles. The predicted octanol–water partition coefficient (Wildman–Crippen LogP) is 2.18. The van der Waals surface area contributed by atoms with Crippen molar-refractivity contribution in [2.24, 2.45) is 0 Å². The Kier molecular flexibility index (Phi) is 6.38. The molecule has 0 spiro atoms. The van der Waals surface area contributed by atoms with Crippen LogP contribution in [-0.2, 0) is 9.53 Å². The Morgan fingerprint density at radius 1 is 1.48 bits per heavy atom. The maximum absolute atomic E-state index is 11.6. The summed E-state index contributed by atoms with van der Waals surface area (Å²) in [5.74, 6) is 0.0724. The summed E-state index contributed by atoms with van der Waals surface area (Å²) in [6.07, 6.45) is 0.903. The highest BCUT2D eigenvalue weighted by molar-refractivity contribution is 5.79. The Bertz CT molecular complexity index is 507. The second-order valence-electron chi connectivity index (χ2n) is 4.37. The van der Waals surface area contributed by atoms with E-state index in [2.05, 4.69) is 15.6 Å². The predicted molar refractivity (Wildman–Crippen MR) is 79.4 cm³/mol. The van der Waals surface area contributed by atoms with E-state index in [9.17, 15) is 14.9 Å². The Labute approximate surface area is 123 Å². The molecule has 1 atom stereocenters. The van der Waals surface area contributed by atoms with Crippen molar-refractivity contribution in [1.29, 1.82) is 0 Å². The lowest BCUT2D eigenvalue weighted by molar-refractivity contribution is -0.384. The fourth-order valence-corrected chi connectivity index (χ4v) is 1.59. The molecule has 1 aromatic heterocycles. The van der Waals surface area contributed by atoms with E-state index < -0.39 is 16.9 Å². The van der Waals surface area contributed by atoms with Gasteiger partial charge in [0.2, 0.25) is 5.82 Å². The van der Waals surface area contributed by atoms with Gasteiger partial charge in [-0.3, -0.25) is 10.1 Å². The van der Waals surface area contributed by atoms with Crippen LogP contribution in [-0.4, -0.2) is 35.1 Å². The second kappa shape index (κ2) is 8.03. The first kappa shape index (κ1) is 16.7. The third kappa shape index (κ3) is 4.90. The van der Waals surface area contributed by atoms with E-state index in [4.69, 9.17) is 4.74 Å². The number of pyridine rings is 1. The zero-order chi connectivity index (χ0) is 15.8. The molecule has 1 rings (SSSR count). The SMILES string of the molecule is CCCNc1ccc([N+](=O)[O-])c(NC(C)C(=O)OCC)n1. The van der Waals surface area contributed by atoms with E-state index in [1.165, 1.54) is 12.1 Å². The van der Waals surface area contributed by atoms with Crippen molar-refractivity contribution in [3.8, 4) is 0 Å². The number of esters is 1. The molecule has 0 aromatic carbocycles. The van der Waals surface area contributed by atoms with Crippen molar-refractivity contribution in [3.05, 3.63) is 22.2 Å². The normalized spacial score (nSPS) is 11.6. The fourth-order valence-electron chi connectivity index (χ4n) is 1.59. The van der Waals surface area contributed by atoms with Crippen molar-refractivity contribution in [1.82, 2.24) is 4.98 Å². The second-order valence-corrected chi connectivity index (χ2v) is 4.37. The number of aromatic nitrogens is 1. The number of nitrogens with zero attached hydrogens (tertiary/aromatic N) is 2. The van der Waals surface area contributed by atoms with Crippen LogP contribution in [0.3, 0.4) is 0 Å². The molecule has 116 valence electrons. The Balaban J connectivity index is 2.95. The lowest BCUT2D eigenvalue weighted by atomic mass is 10.3. The van der Waals surface area contributed by atoms with Gasteiger partial charge in [0.1, 0.15) is 11.9 Å². The van der Waals surface area contributed by atoms with Crippen LogP contribution in [0.5, 0.6) is 0 Å². The van der Waals surface area contributed by atoms with Crippen molar-refractivity contribution in [2.75, 3.05) is 23.8 Å². The van der Waals surface area contributed by atoms with Crippen molar-refractivity contribution in [3.63, 3.8) is 0 Å². The van der Waals surface area contributed by atoms with Crippen LogP contribution < -0.4 is 10.6 Å². The zero-order valence-electron chi connectivity index (χ0n) is 12.4. The van der Waals surface area contributed by atoms with Crippen LogP contribution >= 0.6 is 0 Å². The summed E-state index contributed by atoms with van der Waals surface area (Å²) < 4.78 is 4.86. The van der Waals surface area contributed by atoms with Crippen LogP contribution in [0.15, 0.2) is 12.1 Å². The van der Waals surface area contributed by atoms with Gasteiger partial charge in [0.25, 0.3) is 0 Å². The highest BCUT2D eigenvalue weighted by atomic mass is 16.6. The fraction of sp³-hybridized carbons (Fsp3) is 0.538. The van der Waals surface area contributed by atoms with Gasteiger partial charge in [0.15, 0.2) is 0 Å². The number of nitro groups is 1. The first-order valence-corrected chi connectivity index (χ1v) is 6.82. The number of hydrogen-bond donors (Lipinski definition) is 2.